The third kappa shape index (κ3) is 4.93. The number of rotatable bonds is 10. The number of aliphatic hydroxyl groups excluding tert-OH is 1. The summed E-state index contributed by atoms with van der Waals surface area (Å²) in [5.74, 6) is 1.52. The molecule has 0 amide bonds. The lowest BCUT2D eigenvalue weighted by Crippen LogP contribution is -2.24. The van der Waals surface area contributed by atoms with E-state index in [9.17, 15) is 5.11 Å². The van der Waals surface area contributed by atoms with E-state index in [-0.39, 0.29) is 18.6 Å². The first kappa shape index (κ1) is 20.8. The van der Waals surface area contributed by atoms with Gasteiger partial charge < -0.3 is 26.2 Å². The van der Waals surface area contributed by atoms with Crippen LogP contribution in [0.3, 0.4) is 0 Å². The monoisotopic (exact) mass is 399 g/mol. The first-order valence-electron chi connectivity index (χ1n) is 9.76. The summed E-state index contributed by atoms with van der Waals surface area (Å²) in [6.45, 7) is 3.38. The van der Waals surface area contributed by atoms with E-state index in [4.69, 9.17) is 10.5 Å². The van der Waals surface area contributed by atoms with Gasteiger partial charge in [-0.25, -0.2) is 4.98 Å². The number of hydrogen-bond donors (Lipinski definition) is 4. The van der Waals surface area contributed by atoms with Crippen LogP contribution in [0.5, 0.6) is 5.75 Å². The molecule has 0 aliphatic heterocycles. The molecule has 1 atom stereocenters. The van der Waals surface area contributed by atoms with Crippen LogP contribution in [0.1, 0.15) is 30.9 Å². The van der Waals surface area contributed by atoms with Crippen molar-refractivity contribution in [1.82, 2.24) is 25.1 Å². The lowest BCUT2D eigenvalue weighted by molar-refractivity contribution is 0.268. The highest BCUT2D eigenvalue weighted by atomic mass is 16.5. The minimum absolute atomic E-state index is 0.0100. The predicted octanol–water partition coefficient (Wildman–Crippen LogP) is 1.76. The van der Waals surface area contributed by atoms with Crippen molar-refractivity contribution in [2.24, 2.45) is 0 Å². The molecular weight excluding hydrogens is 370 g/mol. The Morgan fingerprint density at radius 2 is 2.14 bits per heavy atom. The molecule has 9 heteroatoms. The van der Waals surface area contributed by atoms with Gasteiger partial charge in [0.1, 0.15) is 11.3 Å². The van der Waals surface area contributed by atoms with Crippen LogP contribution >= 0.6 is 0 Å². The number of nitrogen functional groups attached to an aromatic ring is 1. The molecule has 0 bridgehead atoms. The molecule has 5 N–H and O–H groups in total. The molecule has 1 aromatic carbocycles. The van der Waals surface area contributed by atoms with Crippen LogP contribution in [-0.2, 0) is 13.1 Å². The Labute approximate surface area is 170 Å². The molecular formula is C20H29N7O2. The first-order chi connectivity index (χ1) is 14.1. The molecule has 29 heavy (non-hydrogen) atoms. The fourth-order valence-corrected chi connectivity index (χ4v) is 3.32. The number of aliphatic hydroxyl groups is 1. The SMILES string of the molecule is CCC[C@@H](CO)Nc1nc(N)nc2cn(Cc3ccc(CNC)cc3OC)nc12. The molecule has 0 unspecified atom stereocenters. The first-order valence-corrected chi connectivity index (χ1v) is 9.76. The average Bonchev–Trinajstić information content (AvgIpc) is 3.11. The van der Waals surface area contributed by atoms with Gasteiger partial charge in [0.25, 0.3) is 0 Å². The summed E-state index contributed by atoms with van der Waals surface area (Å²) in [5, 5.41) is 20.6. The lowest BCUT2D eigenvalue weighted by Gasteiger charge is -2.16. The predicted molar refractivity (Wildman–Crippen MR) is 114 cm³/mol. The van der Waals surface area contributed by atoms with Crippen molar-refractivity contribution in [2.75, 3.05) is 31.8 Å². The molecule has 2 heterocycles. The zero-order valence-corrected chi connectivity index (χ0v) is 17.1. The van der Waals surface area contributed by atoms with Crippen LogP contribution in [0.15, 0.2) is 24.4 Å². The summed E-state index contributed by atoms with van der Waals surface area (Å²) >= 11 is 0. The number of nitrogens with zero attached hydrogens (tertiary/aromatic N) is 4. The van der Waals surface area contributed by atoms with Crippen LogP contribution in [0.2, 0.25) is 0 Å². The molecule has 0 fully saturated rings. The van der Waals surface area contributed by atoms with Crippen LogP contribution in [0.4, 0.5) is 11.8 Å². The van der Waals surface area contributed by atoms with E-state index in [2.05, 4.69) is 38.7 Å². The van der Waals surface area contributed by atoms with Gasteiger partial charge in [0.2, 0.25) is 5.95 Å². The molecule has 0 saturated carbocycles. The molecule has 9 nitrogen and oxygen atoms in total. The van der Waals surface area contributed by atoms with Gasteiger partial charge in [-0.2, -0.15) is 10.1 Å². The second kappa shape index (κ2) is 9.53. The van der Waals surface area contributed by atoms with Crippen molar-refractivity contribution in [1.29, 1.82) is 0 Å². The topological polar surface area (TPSA) is 123 Å². The van der Waals surface area contributed by atoms with Crippen molar-refractivity contribution in [3.05, 3.63) is 35.5 Å². The second-order valence-corrected chi connectivity index (χ2v) is 6.98. The van der Waals surface area contributed by atoms with Crippen molar-refractivity contribution in [3.8, 4) is 5.75 Å². The summed E-state index contributed by atoms with van der Waals surface area (Å²) in [4.78, 5) is 8.59. The van der Waals surface area contributed by atoms with Crippen molar-refractivity contribution in [3.63, 3.8) is 0 Å². The van der Waals surface area contributed by atoms with Gasteiger partial charge in [0.15, 0.2) is 11.3 Å². The van der Waals surface area contributed by atoms with Crippen LogP contribution in [-0.4, -0.2) is 51.7 Å². The van der Waals surface area contributed by atoms with Gasteiger partial charge in [-0.15, -0.1) is 0 Å². The van der Waals surface area contributed by atoms with Gasteiger partial charge in [0.05, 0.1) is 32.5 Å². The number of ether oxygens (including phenoxy) is 1. The number of aromatic nitrogens is 4. The number of benzene rings is 1. The molecule has 0 aliphatic rings. The molecule has 0 spiro atoms. The third-order valence-electron chi connectivity index (χ3n) is 4.69. The maximum atomic E-state index is 9.60. The summed E-state index contributed by atoms with van der Waals surface area (Å²) in [6.07, 6.45) is 3.60. The number of nitrogens with one attached hydrogen (secondary N) is 2. The Morgan fingerprint density at radius 1 is 1.31 bits per heavy atom. The highest BCUT2D eigenvalue weighted by Gasteiger charge is 2.15. The Hall–Kier alpha value is -2.91. The maximum absolute atomic E-state index is 9.60. The highest BCUT2D eigenvalue weighted by molar-refractivity contribution is 5.85. The van der Waals surface area contributed by atoms with Gasteiger partial charge in [-0.05, 0) is 25.1 Å². The number of fused-ring (bicyclic) bond motifs is 1. The van der Waals surface area contributed by atoms with Crippen molar-refractivity contribution in [2.45, 2.75) is 38.9 Å². The van der Waals surface area contributed by atoms with E-state index >= 15 is 0 Å². The smallest absolute Gasteiger partial charge is 0.222 e. The summed E-state index contributed by atoms with van der Waals surface area (Å²) in [5.41, 5.74) is 9.31. The molecule has 0 radical (unpaired) electrons. The van der Waals surface area contributed by atoms with E-state index in [0.29, 0.717) is 23.4 Å². The van der Waals surface area contributed by atoms with Gasteiger partial charge in [0, 0.05) is 12.1 Å². The number of anilines is 2. The molecule has 3 aromatic rings. The van der Waals surface area contributed by atoms with E-state index in [1.165, 1.54) is 0 Å². The van der Waals surface area contributed by atoms with Crippen LogP contribution < -0.4 is 21.1 Å². The van der Waals surface area contributed by atoms with Gasteiger partial charge in [-0.3, -0.25) is 4.68 Å². The summed E-state index contributed by atoms with van der Waals surface area (Å²) in [7, 11) is 3.58. The van der Waals surface area contributed by atoms with Crippen molar-refractivity contribution >= 4 is 22.8 Å². The highest BCUT2D eigenvalue weighted by Crippen LogP contribution is 2.24. The fraction of sp³-hybridized carbons (Fsp3) is 0.450. The Bertz CT molecular complexity index is 957. The number of methoxy groups -OCH3 is 1. The number of hydrogen-bond acceptors (Lipinski definition) is 8. The fourth-order valence-electron chi connectivity index (χ4n) is 3.32. The Morgan fingerprint density at radius 3 is 2.83 bits per heavy atom. The van der Waals surface area contributed by atoms with Gasteiger partial charge >= 0.3 is 0 Å². The Kier molecular flexibility index (Phi) is 6.84. The average molecular weight is 399 g/mol. The number of nitrogens with two attached hydrogens (primary N) is 1. The molecule has 156 valence electrons. The van der Waals surface area contributed by atoms with E-state index < -0.39 is 0 Å². The summed E-state index contributed by atoms with van der Waals surface area (Å²) in [6, 6.07) is 6.03. The van der Waals surface area contributed by atoms with E-state index in [0.717, 1.165) is 36.3 Å². The molecule has 3 rings (SSSR count). The standard InChI is InChI=1S/C20H29N7O2/c1-4-5-15(12-28)23-19-18-16(24-20(21)25-19)11-27(26-18)10-14-7-6-13(9-22-2)8-17(14)29-3/h6-8,11,15,22,28H,4-5,9-10,12H2,1-3H3,(H3,21,23,24,25)/t15-/m0/s1. The summed E-state index contributed by atoms with van der Waals surface area (Å²) < 4.78 is 7.36. The molecule has 0 saturated heterocycles. The van der Waals surface area contributed by atoms with E-state index in [1.807, 2.05) is 25.4 Å². The Balaban J connectivity index is 1.91. The largest absolute Gasteiger partial charge is 0.496 e. The minimum Gasteiger partial charge on any atom is -0.496 e. The normalized spacial score (nSPS) is 12.3. The van der Waals surface area contributed by atoms with E-state index in [1.54, 1.807) is 11.8 Å². The molecule has 2 aromatic heterocycles. The maximum Gasteiger partial charge on any atom is 0.222 e. The third-order valence-corrected chi connectivity index (χ3v) is 4.69. The van der Waals surface area contributed by atoms with Gasteiger partial charge in [-0.1, -0.05) is 25.5 Å². The second-order valence-electron chi connectivity index (χ2n) is 6.98. The van der Waals surface area contributed by atoms with Crippen LogP contribution in [0.25, 0.3) is 11.0 Å². The van der Waals surface area contributed by atoms with Crippen molar-refractivity contribution < 1.29 is 9.84 Å². The molecule has 0 aliphatic carbocycles. The quantitative estimate of drug-likeness (QED) is 0.407. The zero-order chi connectivity index (χ0) is 20.8. The zero-order valence-electron chi connectivity index (χ0n) is 17.1. The van der Waals surface area contributed by atoms with Crippen LogP contribution in [0, 0.1) is 0 Å². The lowest BCUT2D eigenvalue weighted by atomic mass is 10.1. The minimum atomic E-state index is -0.109.